The minimum absolute atomic E-state index is 0.0388. The van der Waals surface area contributed by atoms with E-state index < -0.39 is 0 Å². The van der Waals surface area contributed by atoms with Crippen LogP contribution in [-0.2, 0) is 9.59 Å². The number of para-hydroxylation sites is 3. The summed E-state index contributed by atoms with van der Waals surface area (Å²) in [5, 5.41) is 2.78. The van der Waals surface area contributed by atoms with Crippen LogP contribution < -0.4 is 14.8 Å². The highest BCUT2D eigenvalue weighted by Gasteiger charge is 2.18. The number of nitrogens with zero attached hydrogens (tertiary/aromatic N) is 1. The van der Waals surface area contributed by atoms with Gasteiger partial charge in [0.15, 0.2) is 6.61 Å². The van der Waals surface area contributed by atoms with Crippen molar-refractivity contribution in [3.05, 3.63) is 54.6 Å². The van der Waals surface area contributed by atoms with Gasteiger partial charge in [-0.25, -0.2) is 0 Å². The van der Waals surface area contributed by atoms with Gasteiger partial charge in [0, 0.05) is 6.54 Å². The SMILES string of the molecule is CCCN(CC(=O)Nc1ccccc1OC)C(=O)COc1ccccc1. The fourth-order valence-corrected chi connectivity index (χ4v) is 2.43. The maximum absolute atomic E-state index is 12.4. The summed E-state index contributed by atoms with van der Waals surface area (Å²) >= 11 is 0. The first-order valence-electron chi connectivity index (χ1n) is 8.52. The molecule has 1 N–H and O–H groups in total. The predicted molar refractivity (Wildman–Crippen MR) is 100 cm³/mol. The quantitative estimate of drug-likeness (QED) is 0.750. The number of benzene rings is 2. The number of hydrogen-bond acceptors (Lipinski definition) is 4. The third-order valence-corrected chi connectivity index (χ3v) is 3.67. The van der Waals surface area contributed by atoms with Crippen LogP contribution in [0.5, 0.6) is 11.5 Å². The Morgan fingerprint density at radius 2 is 1.73 bits per heavy atom. The molecule has 0 radical (unpaired) electrons. The molecular formula is C20H24N2O4. The highest BCUT2D eigenvalue weighted by atomic mass is 16.5. The molecule has 2 aromatic carbocycles. The van der Waals surface area contributed by atoms with Gasteiger partial charge in [-0.1, -0.05) is 37.3 Å². The van der Waals surface area contributed by atoms with Crippen molar-refractivity contribution in [3.8, 4) is 11.5 Å². The molecule has 0 bridgehead atoms. The molecule has 2 amide bonds. The van der Waals surface area contributed by atoms with E-state index in [4.69, 9.17) is 9.47 Å². The van der Waals surface area contributed by atoms with Gasteiger partial charge in [-0.15, -0.1) is 0 Å². The molecule has 0 atom stereocenters. The smallest absolute Gasteiger partial charge is 0.260 e. The van der Waals surface area contributed by atoms with Crippen molar-refractivity contribution >= 4 is 17.5 Å². The summed E-state index contributed by atoms with van der Waals surface area (Å²) in [5.41, 5.74) is 0.574. The van der Waals surface area contributed by atoms with E-state index in [1.54, 1.807) is 37.4 Å². The molecule has 2 rings (SSSR count). The number of hydrogen-bond donors (Lipinski definition) is 1. The standard InChI is InChI=1S/C20H24N2O4/c1-3-13-22(20(24)15-26-16-9-5-4-6-10-16)14-19(23)21-17-11-7-8-12-18(17)25-2/h4-12H,3,13-15H2,1-2H3,(H,21,23). The molecule has 0 unspecified atom stereocenters. The van der Waals surface area contributed by atoms with Crippen LogP contribution in [0, 0.1) is 0 Å². The Hall–Kier alpha value is -3.02. The zero-order valence-corrected chi connectivity index (χ0v) is 15.1. The highest BCUT2D eigenvalue weighted by molar-refractivity contribution is 5.95. The lowest BCUT2D eigenvalue weighted by Gasteiger charge is -2.22. The van der Waals surface area contributed by atoms with Gasteiger partial charge in [-0.2, -0.15) is 0 Å². The minimum Gasteiger partial charge on any atom is -0.495 e. The molecule has 138 valence electrons. The maximum atomic E-state index is 12.4. The third kappa shape index (κ3) is 5.81. The third-order valence-electron chi connectivity index (χ3n) is 3.67. The molecule has 6 nitrogen and oxygen atoms in total. The van der Waals surface area contributed by atoms with E-state index in [-0.39, 0.29) is 25.0 Å². The normalized spacial score (nSPS) is 10.1. The average molecular weight is 356 g/mol. The molecule has 26 heavy (non-hydrogen) atoms. The van der Waals surface area contributed by atoms with Crippen molar-refractivity contribution in [3.63, 3.8) is 0 Å². The number of methoxy groups -OCH3 is 1. The Morgan fingerprint density at radius 3 is 2.42 bits per heavy atom. The number of rotatable bonds is 9. The fraction of sp³-hybridized carbons (Fsp3) is 0.300. The fourth-order valence-electron chi connectivity index (χ4n) is 2.43. The molecule has 0 fully saturated rings. The summed E-state index contributed by atoms with van der Waals surface area (Å²) in [6.45, 7) is 2.29. The first-order chi connectivity index (χ1) is 12.6. The molecular weight excluding hydrogens is 332 g/mol. The van der Waals surface area contributed by atoms with Crippen LogP contribution >= 0.6 is 0 Å². The van der Waals surface area contributed by atoms with Gasteiger partial charge in [0.2, 0.25) is 5.91 Å². The van der Waals surface area contributed by atoms with E-state index in [0.29, 0.717) is 23.7 Å². The van der Waals surface area contributed by atoms with E-state index in [0.717, 1.165) is 6.42 Å². The van der Waals surface area contributed by atoms with Crippen LogP contribution in [0.25, 0.3) is 0 Å². The van der Waals surface area contributed by atoms with Crippen LogP contribution in [-0.4, -0.2) is 43.5 Å². The second-order valence-corrected chi connectivity index (χ2v) is 5.67. The minimum atomic E-state index is -0.281. The van der Waals surface area contributed by atoms with Crippen LogP contribution in [0.15, 0.2) is 54.6 Å². The lowest BCUT2D eigenvalue weighted by atomic mass is 10.3. The Balaban J connectivity index is 1.93. The molecule has 0 aromatic heterocycles. The van der Waals surface area contributed by atoms with Gasteiger partial charge in [-0.3, -0.25) is 9.59 Å². The van der Waals surface area contributed by atoms with Crippen molar-refractivity contribution in [2.45, 2.75) is 13.3 Å². The summed E-state index contributed by atoms with van der Waals surface area (Å²) in [6.07, 6.45) is 0.749. The van der Waals surface area contributed by atoms with Gasteiger partial charge in [-0.05, 0) is 30.7 Å². The number of nitrogens with one attached hydrogen (secondary N) is 1. The first kappa shape index (κ1) is 19.3. The van der Waals surface area contributed by atoms with E-state index in [2.05, 4.69) is 5.32 Å². The first-order valence-corrected chi connectivity index (χ1v) is 8.52. The topological polar surface area (TPSA) is 67.9 Å². The highest BCUT2D eigenvalue weighted by Crippen LogP contribution is 2.22. The van der Waals surface area contributed by atoms with E-state index in [1.807, 2.05) is 31.2 Å². The maximum Gasteiger partial charge on any atom is 0.260 e. The Labute approximate surface area is 153 Å². The van der Waals surface area contributed by atoms with Gasteiger partial charge >= 0.3 is 0 Å². The monoisotopic (exact) mass is 356 g/mol. The van der Waals surface area contributed by atoms with Gasteiger partial charge < -0.3 is 19.7 Å². The number of carbonyl (C=O) groups excluding carboxylic acids is 2. The van der Waals surface area contributed by atoms with E-state index in [1.165, 1.54) is 4.90 Å². The summed E-state index contributed by atoms with van der Waals surface area (Å²) in [6, 6.07) is 16.3. The largest absolute Gasteiger partial charge is 0.495 e. The van der Waals surface area contributed by atoms with Crippen LogP contribution in [0.1, 0.15) is 13.3 Å². The Bertz CT molecular complexity index is 719. The second-order valence-electron chi connectivity index (χ2n) is 5.67. The molecule has 0 spiro atoms. The summed E-state index contributed by atoms with van der Waals surface area (Å²) in [7, 11) is 1.54. The van der Waals surface area contributed by atoms with Crippen molar-refractivity contribution in [2.75, 3.05) is 32.1 Å². The molecule has 0 saturated carbocycles. The molecule has 0 heterocycles. The molecule has 0 saturated heterocycles. The Morgan fingerprint density at radius 1 is 1.04 bits per heavy atom. The second kappa shape index (κ2) is 10.1. The zero-order valence-electron chi connectivity index (χ0n) is 15.1. The van der Waals surface area contributed by atoms with Crippen LogP contribution in [0.2, 0.25) is 0 Å². The zero-order chi connectivity index (χ0) is 18.8. The van der Waals surface area contributed by atoms with Crippen molar-refractivity contribution in [1.29, 1.82) is 0 Å². The molecule has 0 aliphatic rings. The Kier molecular flexibility index (Phi) is 7.49. The lowest BCUT2D eigenvalue weighted by Crippen LogP contribution is -2.41. The number of anilines is 1. The predicted octanol–water partition coefficient (Wildman–Crippen LogP) is 2.95. The number of ether oxygens (including phenoxy) is 2. The lowest BCUT2D eigenvalue weighted by molar-refractivity contribution is -0.136. The number of carbonyl (C=O) groups is 2. The van der Waals surface area contributed by atoms with E-state index >= 15 is 0 Å². The number of amides is 2. The van der Waals surface area contributed by atoms with Gasteiger partial charge in [0.1, 0.15) is 11.5 Å². The van der Waals surface area contributed by atoms with Crippen molar-refractivity contribution < 1.29 is 19.1 Å². The van der Waals surface area contributed by atoms with E-state index in [9.17, 15) is 9.59 Å². The summed E-state index contributed by atoms with van der Waals surface area (Å²) < 4.78 is 10.7. The molecule has 2 aromatic rings. The molecule has 0 aliphatic carbocycles. The van der Waals surface area contributed by atoms with Gasteiger partial charge in [0.05, 0.1) is 19.3 Å². The van der Waals surface area contributed by atoms with Crippen molar-refractivity contribution in [1.82, 2.24) is 4.90 Å². The van der Waals surface area contributed by atoms with Crippen LogP contribution in [0.4, 0.5) is 5.69 Å². The molecule has 6 heteroatoms. The van der Waals surface area contributed by atoms with Gasteiger partial charge in [0.25, 0.3) is 5.91 Å². The molecule has 0 aliphatic heterocycles. The average Bonchev–Trinajstić information content (AvgIpc) is 2.67. The van der Waals surface area contributed by atoms with Crippen molar-refractivity contribution in [2.24, 2.45) is 0 Å². The summed E-state index contributed by atoms with van der Waals surface area (Å²) in [5.74, 6) is 0.680. The van der Waals surface area contributed by atoms with Crippen LogP contribution in [0.3, 0.4) is 0 Å². The summed E-state index contributed by atoms with van der Waals surface area (Å²) in [4.78, 5) is 26.3.